The monoisotopic (exact) mass is 290 g/mol. The number of hydrogen-bond donors (Lipinski definition) is 0. The van der Waals surface area contributed by atoms with Gasteiger partial charge < -0.3 is 18.6 Å². The fourth-order valence-electron chi connectivity index (χ4n) is 2.76. The molecule has 0 spiro atoms. The standard InChI is InChI=1S/C15H14O6/c1-18-10-6-8-11(14(20-3)13(10)19-2)7-4-5-9(16)12(7)21-15(8)17/h6H,4-5H2,1-3H3. The Labute approximate surface area is 120 Å². The van der Waals surface area contributed by atoms with Crippen molar-refractivity contribution in [2.45, 2.75) is 12.8 Å². The molecule has 1 heterocycles. The number of fused-ring (bicyclic) bond motifs is 3. The first-order chi connectivity index (χ1) is 10.1. The molecule has 2 aromatic rings. The van der Waals surface area contributed by atoms with E-state index in [0.717, 1.165) is 0 Å². The zero-order valence-corrected chi connectivity index (χ0v) is 11.9. The predicted molar refractivity (Wildman–Crippen MR) is 74.8 cm³/mol. The lowest BCUT2D eigenvalue weighted by atomic mass is 10.0. The summed E-state index contributed by atoms with van der Waals surface area (Å²) >= 11 is 0. The second kappa shape index (κ2) is 4.80. The van der Waals surface area contributed by atoms with Crippen LogP contribution in [0.4, 0.5) is 0 Å². The van der Waals surface area contributed by atoms with Crippen LogP contribution in [0.2, 0.25) is 0 Å². The van der Waals surface area contributed by atoms with Crippen LogP contribution in [0.1, 0.15) is 22.5 Å². The smallest absolute Gasteiger partial charge is 0.344 e. The highest BCUT2D eigenvalue weighted by molar-refractivity contribution is 6.05. The van der Waals surface area contributed by atoms with Crippen molar-refractivity contribution in [3.8, 4) is 17.2 Å². The Bertz CT molecular complexity index is 802. The van der Waals surface area contributed by atoms with Crippen molar-refractivity contribution in [3.63, 3.8) is 0 Å². The first-order valence-electron chi connectivity index (χ1n) is 6.44. The van der Waals surface area contributed by atoms with E-state index in [-0.39, 0.29) is 11.5 Å². The number of Topliss-reactive ketones (excluding diaryl/α,β-unsaturated/α-hetero) is 1. The Morgan fingerprint density at radius 3 is 2.33 bits per heavy atom. The SMILES string of the molecule is COc1cc2c(=O)oc3c(c2c(OC)c1OC)CCC3=O. The van der Waals surface area contributed by atoms with E-state index in [4.69, 9.17) is 18.6 Å². The number of methoxy groups -OCH3 is 3. The first kappa shape index (κ1) is 13.5. The van der Waals surface area contributed by atoms with Crippen LogP contribution >= 0.6 is 0 Å². The molecule has 21 heavy (non-hydrogen) atoms. The average Bonchev–Trinajstić information content (AvgIpc) is 2.86. The maximum atomic E-state index is 12.1. The molecule has 1 aromatic carbocycles. The van der Waals surface area contributed by atoms with Gasteiger partial charge in [0.25, 0.3) is 0 Å². The van der Waals surface area contributed by atoms with Crippen LogP contribution in [0.5, 0.6) is 17.2 Å². The van der Waals surface area contributed by atoms with Crippen LogP contribution in [0.3, 0.4) is 0 Å². The van der Waals surface area contributed by atoms with E-state index in [1.54, 1.807) is 6.07 Å². The van der Waals surface area contributed by atoms with Gasteiger partial charge in [-0.2, -0.15) is 0 Å². The molecule has 0 saturated carbocycles. The molecule has 3 rings (SSSR count). The van der Waals surface area contributed by atoms with Gasteiger partial charge in [-0.1, -0.05) is 0 Å². The van der Waals surface area contributed by atoms with Crippen molar-refractivity contribution in [1.82, 2.24) is 0 Å². The van der Waals surface area contributed by atoms with E-state index >= 15 is 0 Å². The average molecular weight is 290 g/mol. The zero-order valence-electron chi connectivity index (χ0n) is 11.9. The summed E-state index contributed by atoms with van der Waals surface area (Å²) in [5.41, 5.74) is 0.102. The van der Waals surface area contributed by atoms with E-state index in [2.05, 4.69) is 0 Å². The van der Waals surface area contributed by atoms with Gasteiger partial charge in [0.15, 0.2) is 23.0 Å². The van der Waals surface area contributed by atoms with Crippen LogP contribution < -0.4 is 19.8 Å². The molecule has 0 amide bonds. The number of benzene rings is 1. The Hall–Kier alpha value is -2.50. The summed E-state index contributed by atoms with van der Waals surface area (Å²) in [6.45, 7) is 0. The van der Waals surface area contributed by atoms with Crippen molar-refractivity contribution in [2.24, 2.45) is 0 Å². The Kier molecular flexibility index (Phi) is 3.08. The molecule has 0 aliphatic heterocycles. The topological polar surface area (TPSA) is 75.0 Å². The van der Waals surface area contributed by atoms with E-state index in [1.807, 2.05) is 0 Å². The highest BCUT2D eigenvalue weighted by Gasteiger charge is 2.30. The summed E-state index contributed by atoms with van der Waals surface area (Å²) in [5.74, 6) is 1.10. The van der Waals surface area contributed by atoms with Gasteiger partial charge in [-0.05, 0) is 12.5 Å². The molecular weight excluding hydrogens is 276 g/mol. The third-order valence-corrected chi connectivity index (χ3v) is 3.68. The third-order valence-electron chi connectivity index (χ3n) is 3.68. The molecule has 110 valence electrons. The lowest BCUT2D eigenvalue weighted by molar-refractivity contribution is 0.0967. The van der Waals surface area contributed by atoms with Gasteiger partial charge in [-0.15, -0.1) is 0 Å². The van der Waals surface area contributed by atoms with Crippen molar-refractivity contribution in [1.29, 1.82) is 0 Å². The fraction of sp³-hybridized carbons (Fsp3) is 0.333. The van der Waals surface area contributed by atoms with Crippen LogP contribution in [0.25, 0.3) is 10.8 Å². The Balaban J connectivity index is 2.53. The molecular formula is C15H14O6. The normalized spacial score (nSPS) is 13.4. The molecule has 0 saturated heterocycles. The summed E-state index contributed by atoms with van der Waals surface area (Å²) < 4.78 is 21.1. The first-order valence-corrected chi connectivity index (χ1v) is 6.44. The molecule has 6 heteroatoms. The number of ether oxygens (including phenoxy) is 3. The van der Waals surface area contributed by atoms with Crippen molar-refractivity contribution < 1.29 is 23.4 Å². The second-order valence-electron chi connectivity index (χ2n) is 4.69. The Morgan fingerprint density at radius 2 is 1.71 bits per heavy atom. The van der Waals surface area contributed by atoms with Gasteiger partial charge >= 0.3 is 5.63 Å². The molecule has 0 N–H and O–H groups in total. The number of rotatable bonds is 3. The van der Waals surface area contributed by atoms with Gasteiger partial charge in [0, 0.05) is 17.4 Å². The molecule has 0 fully saturated rings. The second-order valence-corrected chi connectivity index (χ2v) is 4.69. The number of hydrogen-bond acceptors (Lipinski definition) is 6. The van der Waals surface area contributed by atoms with Crippen LogP contribution in [-0.4, -0.2) is 27.1 Å². The van der Waals surface area contributed by atoms with E-state index in [0.29, 0.717) is 46.4 Å². The van der Waals surface area contributed by atoms with Gasteiger partial charge in [-0.25, -0.2) is 4.79 Å². The summed E-state index contributed by atoms with van der Waals surface area (Å²) in [6.07, 6.45) is 0.842. The minimum absolute atomic E-state index is 0.123. The maximum absolute atomic E-state index is 12.1. The number of aryl methyl sites for hydroxylation is 1. The van der Waals surface area contributed by atoms with Crippen LogP contribution in [0, 0.1) is 0 Å². The van der Waals surface area contributed by atoms with Crippen molar-refractivity contribution in [2.75, 3.05) is 21.3 Å². The quantitative estimate of drug-likeness (QED) is 0.860. The van der Waals surface area contributed by atoms with E-state index in [1.165, 1.54) is 21.3 Å². The van der Waals surface area contributed by atoms with Gasteiger partial charge in [0.05, 0.1) is 26.7 Å². The summed E-state index contributed by atoms with van der Waals surface area (Å²) in [5, 5.41) is 0.880. The minimum Gasteiger partial charge on any atom is -0.493 e. The Morgan fingerprint density at radius 1 is 1.00 bits per heavy atom. The van der Waals surface area contributed by atoms with Crippen LogP contribution in [0.15, 0.2) is 15.3 Å². The summed E-state index contributed by atoms with van der Waals surface area (Å²) in [6, 6.07) is 1.55. The van der Waals surface area contributed by atoms with Crippen molar-refractivity contribution >= 4 is 16.6 Å². The zero-order chi connectivity index (χ0) is 15.1. The molecule has 0 atom stereocenters. The fourth-order valence-corrected chi connectivity index (χ4v) is 2.76. The van der Waals surface area contributed by atoms with E-state index < -0.39 is 5.63 Å². The maximum Gasteiger partial charge on any atom is 0.344 e. The van der Waals surface area contributed by atoms with Crippen LogP contribution in [-0.2, 0) is 6.42 Å². The molecule has 6 nitrogen and oxygen atoms in total. The third kappa shape index (κ3) is 1.79. The minimum atomic E-state index is -0.585. The van der Waals surface area contributed by atoms with Gasteiger partial charge in [0.2, 0.25) is 5.75 Å². The van der Waals surface area contributed by atoms with E-state index in [9.17, 15) is 9.59 Å². The molecule has 0 radical (unpaired) electrons. The number of ketones is 1. The van der Waals surface area contributed by atoms with Gasteiger partial charge in [-0.3, -0.25) is 4.79 Å². The summed E-state index contributed by atoms with van der Waals surface area (Å²) in [7, 11) is 4.44. The highest BCUT2D eigenvalue weighted by Crippen LogP contribution is 2.45. The molecule has 1 aliphatic rings. The molecule has 0 unspecified atom stereocenters. The van der Waals surface area contributed by atoms with Gasteiger partial charge in [0.1, 0.15) is 0 Å². The molecule has 1 aromatic heterocycles. The summed E-state index contributed by atoms with van der Waals surface area (Å²) in [4.78, 5) is 24.0. The largest absolute Gasteiger partial charge is 0.493 e. The number of carbonyl (C=O) groups is 1. The molecule has 1 aliphatic carbocycles. The molecule has 0 bridgehead atoms. The number of carbonyl (C=O) groups excluding carboxylic acids is 1. The highest BCUT2D eigenvalue weighted by atomic mass is 16.5. The lowest BCUT2D eigenvalue weighted by Crippen LogP contribution is -2.08. The lowest BCUT2D eigenvalue weighted by Gasteiger charge is -2.15. The van der Waals surface area contributed by atoms with Crippen molar-refractivity contribution in [3.05, 3.63) is 27.8 Å². The predicted octanol–water partition coefficient (Wildman–Crippen LogP) is 1.95.